The van der Waals surface area contributed by atoms with Gasteiger partial charge >= 0.3 is 5.97 Å². The van der Waals surface area contributed by atoms with E-state index in [0.717, 1.165) is 39.8 Å². The maximum absolute atomic E-state index is 14.1. The van der Waals surface area contributed by atoms with Gasteiger partial charge in [0.05, 0.1) is 6.42 Å². The Labute approximate surface area is 174 Å². The first-order chi connectivity index (χ1) is 14.5. The molecule has 4 nitrogen and oxygen atoms in total. The number of ether oxygens (including phenoxy) is 1. The van der Waals surface area contributed by atoms with Crippen LogP contribution >= 0.6 is 0 Å². The van der Waals surface area contributed by atoms with Gasteiger partial charge in [0.2, 0.25) is 0 Å². The zero-order chi connectivity index (χ0) is 21.1. The van der Waals surface area contributed by atoms with Crippen molar-refractivity contribution in [2.75, 3.05) is 0 Å². The highest BCUT2D eigenvalue weighted by Gasteiger charge is 2.16. The van der Waals surface area contributed by atoms with Crippen LogP contribution in [0, 0.1) is 5.82 Å². The Bertz CT molecular complexity index is 1140. The summed E-state index contributed by atoms with van der Waals surface area (Å²) >= 11 is 0. The molecule has 0 aromatic heterocycles. The molecule has 5 heteroatoms. The molecule has 0 spiro atoms. The minimum atomic E-state index is -0.904. The molecule has 0 unspecified atom stereocenters. The number of hydrogen-bond acceptors (Lipinski definition) is 3. The average Bonchev–Trinajstić information content (AvgIpc) is 3.20. The summed E-state index contributed by atoms with van der Waals surface area (Å²) in [5.41, 5.74) is 12.0. The number of benzene rings is 3. The fourth-order valence-corrected chi connectivity index (χ4v) is 3.81. The molecule has 1 aliphatic rings. The molecule has 0 aliphatic heterocycles. The van der Waals surface area contributed by atoms with Crippen molar-refractivity contribution in [2.45, 2.75) is 26.0 Å². The molecule has 152 valence electrons. The fourth-order valence-electron chi connectivity index (χ4n) is 3.81. The molecule has 0 saturated heterocycles. The van der Waals surface area contributed by atoms with E-state index < -0.39 is 5.97 Å². The molecule has 30 heavy (non-hydrogen) atoms. The van der Waals surface area contributed by atoms with E-state index in [0.29, 0.717) is 11.3 Å². The third-order valence-corrected chi connectivity index (χ3v) is 5.16. The first-order valence-corrected chi connectivity index (χ1v) is 9.78. The Morgan fingerprint density at radius 2 is 1.93 bits per heavy atom. The molecule has 0 bridgehead atoms. The maximum Gasteiger partial charge on any atom is 0.307 e. The van der Waals surface area contributed by atoms with E-state index in [4.69, 9.17) is 15.6 Å². The van der Waals surface area contributed by atoms with Gasteiger partial charge in [-0.25, -0.2) is 4.39 Å². The van der Waals surface area contributed by atoms with Gasteiger partial charge in [0.1, 0.15) is 18.2 Å². The SMILES string of the molecule is NCc1cc(F)cc(-c2cc(COc3ccccc3CC(=O)O)cc3c2C=CC3)c1. The predicted octanol–water partition coefficient (Wildman–Crippen LogP) is 4.73. The number of hydrogen-bond donors (Lipinski definition) is 2. The number of fused-ring (bicyclic) bond motifs is 1. The maximum atomic E-state index is 14.1. The molecule has 0 amide bonds. The number of aliphatic carboxylic acids is 1. The first-order valence-electron chi connectivity index (χ1n) is 9.78. The fraction of sp³-hybridized carbons (Fsp3) is 0.160. The quantitative estimate of drug-likeness (QED) is 0.598. The lowest BCUT2D eigenvalue weighted by atomic mass is 9.93. The number of allylic oxidation sites excluding steroid dienone is 1. The van der Waals surface area contributed by atoms with Crippen LogP contribution < -0.4 is 10.5 Å². The van der Waals surface area contributed by atoms with Crippen molar-refractivity contribution < 1.29 is 19.0 Å². The number of nitrogens with two attached hydrogens (primary N) is 1. The van der Waals surface area contributed by atoms with E-state index in [1.165, 1.54) is 12.1 Å². The Morgan fingerprint density at radius 1 is 1.10 bits per heavy atom. The monoisotopic (exact) mass is 403 g/mol. The summed E-state index contributed by atoms with van der Waals surface area (Å²) in [7, 11) is 0. The summed E-state index contributed by atoms with van der Waals surface area (Å²) in [4.78, 5) is 11.1. The van der Waals surface area contributed by atoms with Crippen LogP contribution in [-0.4, -0.2) is 11.1 Å². The molecular formula is C25H22FNO3. The molecule has 3 aromatic rings. The molecule has 4 rings (SSSR count). The van der Waals surface area contributed by atoms with Crippen molar-refractivity contribution in [3.63, 3.8) is 0 Å². The van der Waals surface area contributed by atoms with Crippen LogP contribution in [0.3, 0.4) is 0 Å². The third-order valence-electron chi connectivity index (χ3n) is 5.16. The summed E-state index contributed by atoms with van der Waals surface area (Å²) in [6, 6.07) is 16.1. The summed E-state index contributed by atoms with van der Waals surface area (Å²) in [6.07, 6.45) is 4.86. The topological polar surface area (TPSA) is 72.5 Å². The molecule has 0 saturated carbocycles. The van der Waals surface area contributed by atoms with E-state index in [1.807, 2.05) is 18.2 Å². The van der Waals surface area contributed by atoms with Crippen LogP contribution in [0.5, 0.6) is 5.75 Å². The number of halogens is 1. The lowest BCUT2D eigenvalue weighted by molar-refractivity contribution is -0.136. The summed E-state index contributed by atoms with van der Waals surface area (Å²) in [5, 5.41) is 9.11. The van der Waals surface area contributed by atoms with Gasteiger partial charge in [-0.3, -0.25) is 4.79 Å². The van der Waals surface area contributed by atoms with Gasteiger partial charge in [0.15, 0.2) is 0 Å². The van der Waals surface area contributed by atoms with Gasteiger partial charge < -0.3 is 15.6 Å². The second kappa shape index (κ2) is 8.51. The number of carbonyl (C=O) groups is 1. The Morgan fingerprint density at radius 3 is 2.73 bits per heavy atom. The highest BCUT2D eigenvalue weighted by molar-refractivity contribution is 5.80. The minimum absolute atomic E-state index is 0.0965. The van der Waals surface area contributed by atoms with Crippen LogP contribution in [0.1, 0.15) is 27.8 Å². The third kappa shape index (κ3) is 4.26. The molecule has 0 radical (unpaired) electrons. The molecule has 0 atom stereocenters. The van der Waals surface area contributed by atoms with Gasteiger partial charge in [0, 0.05) is 12.1 Å². The predicted molar refractivity (Wildman–Crippen MR) is 115 cm³/mol. The van der Waals surface area contributed by atoms with Crippen LogP contribution in [0.2, 0.25) is 0 Å². The van der Waals surface area contributed by atoms with E-state index in [9.17, 15) is 9.18 Å². The van der Waals surface area contributed by atoms with Crippen molar-refractivity contribution in [3.05, 3.63) is 94.3 Å². The number of para-hydroxylation sites is 1. The lowest BCUT2D eigenvalue weighted by Gasteiger charge is -2.15. The molecule has 1 aliphatic carbocycles. The number of rotatable bonds is 7. The van der Waals surface area contributed by atoms with Crippen LogP contribution in [0.15, 0.2) is 60.7 Å². The van der Waals surface area contributed by atoms with Crippen molar-refractivity contribution in [1.82, 2.24) is 0 Å². The summed E-state index contributed by atoms with van der Waals surface area (Å²) < 4.78 is 20.1. The summed E-state index contributed by atoms with van der Waals surface area (Å²) in [6.45, 7) is 0.557. The van der Waals surface area contributed by atoms with Crippen LogP contribution in [0.4, 0.5) is 4.39 Å². The average molecular weight is 403 g/mol. The second-order valence-corrected chi connectivity index (χ2v) is 7.34. The van der Waals surface area contributed by atoms with E-state index in [1.54, 1.807) is 18.2 Å². The zero-order valence-corrected chi connectivity index (χ0v) is 16.4. The Kier molecular flexibility index (Phi) is 5.63. The van der Waals surface area contributed by atoms with Crippen LogP contribution in [0.25, 0.3) is 17.2 Å². The largest absolute Gasteiger partial charge is 0.489 e. The molecule has 0 heterocycles. The van der Waals surface area contributed by atoms with Gasteiger partial charge in [0.25, 0.3) is 0 Å². The molecular weight excluding hydrogens is 381 g/mol. The van der Waals surface area contributed by atoms with Crippen molar-refractivity contribution in [1.29, 1.82) is 0 Å². The van der Waals surface area contributed by atoms with E-state index >= 15 is 0 Å². The number of carboxylic acids is 1. The van der Waals surface area contributed by atoms with Crippen LogP contribution in [-0.2, 0) is 30.8 Å². The summed E-state index contributed by atoms with van der Waals surface area (Å²) in [5.74, 6) is -0.664. The standard InChI is InChI=1S/C25H22FNO3/c26-21-10-16(14-27)8-20(12-21)23-11-17(9-18-5-3-6-22(18)23)15-30-24-7-2-1-4-19(24)13-25(28)29/h1-4,6-12H,5,13-15,27H2,(H,28,29). The molecule has 0 fully saturated rings. The van der Waals surface area contributed by atoms with Gasteiger partial charge in [-0.2, -0.15) is 0 Å². The van der Waals surface area contributed by atoms with Crippen molar-refractivity contribution in [3.8, 4) is 16.9 Å². The van der Waals surface area contributed by atoms with Gasteiger partial charge in [-0.15, -0.1) is 0 Å². The normalized spacial score (nSPS) is 12.1. The van der Waals surface area contributed by atoms with E-state index in [-0.39, 0.29) is 25.4 Å². The smallest absolute Gasteiger partial charge is 0.307 e. The lowest BCUT2D eigenvalue weighted by Crippen LogP contribution is -2.05. The second-order valence-electron chi connectivity index (χ2n) is 7.34. The van der Waals surface area contributed by atoms with Crippen molar-refractivity contribution in [2.24, 2.45) is 5.73 Å². The van der Waals surface area contributed by atoms with E-state index in [2.05, 4.69) is 18.2 Å². The minimum Gasteiger partial charge on any atom is -0.489 e. The highest BCUT2D eigenvalue weighted by atomic mass is 19.1. The molecule has 3 aromatic carbocycles. The van der Waals surface area contributed by atoms with Gasteiger partial charge in [-0.05, 0) is 70.1 Å². The highest BCUT2D eigenvalue weighted by Crippen LogP contribution is 2.34. The Hall–Kier alpha value is -3.44. The number of carboxylic acid groups (broad SMARTS) is 1. The molecule has 3 N–H and O–H groups in total. The Balaban J connectivity index is 1.66. The van der Waals surface area contributed by atoms with Crippen molar-refractivity contribution >= 4 is 12.0 Å². The zero-order valence-electron chi connectivity index (χ0n) is 16.4. The first kappa shape index (κ1) is 19.9. The van der Waals surface area contributed by atoms with Gasteiger partial charge in [-0.1, -0.05) is 36.4 Å².